The largest absolute Gasteiger partial charge is 0.511 e. The van der Waals surface area contributed by atoms with Crippen LogP contribution in [0.5, 0.6) is 0 Å². The number of aromatic nitrogens is 3. The van der Waals surface area contributed by atoms with Gasteiger partial charge in [-0.3, -0.25) is 9.59 Å². The van der Waals surface area contributed by atoms with Gasteiger partial charge >= 0.3 is 12.1 Å². The molecule has 11 heteroatoms. The van der Waals surface area contributed by atoms with Crippen LogP contribution in [-0.4, -0.2) is 30.8 Å². The number of halogens is 4. The molecule has 1 aromatic carbocycles. The van der Waals surface area contributed by atoms with Gasteiger partial charge in [-0.15, -0.1) is 0 Å². The fourth-order valence-corrected chi connectivity index (χ4v) is 2.92. The summed E-state index contributed by atoms with van der Waals surface area (Å²) < 4.78 is 40.3. The highest BCUT2D eigenvalue weighted by atomic mass is 35.5. The van der Waals surface area contributed by atoms with Crippen molar-refractivity contribution in [2.45, 2.75) is 19.0 Å². The highest BCUT2D eigenvalue weighted by Gasteiger charge is 2.31. The number of pyridine rings is 1. The molecule has 0 saturated heterocycles. The molecule has 0 amide bonds. The first-order valence-corrected chi connectivity index (χ1v) is 8.14. The van der Waals surface area contributed by atoms with Crippen molar-refractivity contribution < 1.29 is 28.2 Å². The molecule has 0 saturated carbocycles. The second kappa shape index (κ2) is 7.12. The molecular formula is C17H11ClF3N3O4. The van der Waals surface area contributed by atoms with Gasteiger partial charge in [0.2, 0.25) is 0 Å². The lowest BCUT2D eigenvalue weighted by atomic mass is 10.1. The molecule has 0 unspecified atom stereocenters. The zero-order valence-electron chi connectivity index (χ0n) is 13.9. The van der Waals surface area contributed by atoms with Crippen LogP contribution in [0.1, 0.15) is 18.4 Å². The van der Waals surface area contributed by atoms with Gasteiger partial charge in [0.25, 0.3) is 0 Å². The Bertz CT molecular complexity index is 1190. The van der Waals surface area contributed by atoms with Crippen LogP contribution in [0.25, 0.3) is 22.7 Å². The number of aliphatic carboxylic acids is 1. The minimum absolute atomic E-state index is 0.0136. The summed E-state index contributed by atoms with van der Waals surface area (Å²) in [4.78, 5) is 27.1. The van der Waals surface area contributed by atoms with E-state index in [0.717, 1.165) is 29.0 Å². The number of hydrogen-bond donors (Lipinski definition) is 2. The van der Waals surface area contributed by atoms with Crippen LogP contribution < -0.4 is 10.6 Å². The maximum absolute atomic E-state index is 13.1. The van der Waals surface area contributed by atoms with Gasteiger partial charge in [0, 0.05) is 23.1 Å². The smallest absolute Gasteiger partial charge is 0.416 e. The lowest BCUT2D eigenvalue weighted by Crippen LogP contribution is -2.30. The molecule has 0 spiro atoms. The minimum atomic E-state index is -4.65. The molecule has 2 aromatic heterocycles. The van der Waals surface area contributed by atoms with E-state index in [-0.39, 0.29) is 33.6 Å². The van der Waals surface area contributed by atoms with E-state index in [1.807, 2.05) is 0 Å². The number of carboxylic acids is 1. The fourth-order valence-electron chi connectivity index (χ4n) is 2.68. The summed E-state index contributed by atoms with van der Waals surface area (Å²) in [6.07, 6.45) is -4.33. The molecule has 28 heavy (non-hydrogen) atoms. The van der Waals surface area contributed by atoms with Gasteiger partial charge in [0.15, 0.2) is 11.1 Å². The van der Waals surface area contributed by atoms with E-state index in [4.69, 9.17) is 16.7 Å². The molecule has 0 aliphatic heterocycles. The Morgan fingerprint density at radius 3 is 2.50 bits per heavy atom. The Kier molecular flexibility index (Phi) is 4.99. The highest BCUT2D eigenvalue weighted by Crippen LogP contribution is 2.34. The van der Waals surface area contributed by atoms with Crippen LogP contribution in [0.3, 0.4) is 0 Å². The van der Waals surface area contributed by atoms with Crippen molar-refractivity contribution in [3.63, 3.8) is 0 Å². The lowest BCUT2D eigenvalue weighted by molar-refractivity contribution is -0.138. The van der Waals surface area contributed by atoms with Crippen LogP contribution in [0.2, 0.25) is 5.02 Å². The van der Waals surface area contributed by atoms with Crippen molar-refractivity contribution in [3.8, 4) is 11.3 Å². The molecule has 3 aromatic rings. The summed E-state index contributed by atoms with van der Waals surface area (Å²) in [6, 6.07) is 3.79. The van der Waals surface area contributed by atoms with Crippen molar-refractivity contribution in [3.05, 3.63) is 56.6 Å². The molecular weight excluding hydrogens is 403 g/mol. The van der Waals surface area contributed by atoms with Crippen molar-refractivity contribution >= 4 is 29.0 Å². The molecule has 3 rings (SSSR count). The predicted octanol–water partition coefficient (Wildman–Crippen LogP) is 2.68. The summed E-state index contributed by atoms with van der Waals surface area (Å²) in [5.74, 6) is -1.68. The average Bonchev–Trinajstić information content (AvgIpc) is 3.06. The maximum Gasteiger partial charge on any atom is 0.416 e. The Hall–Kier alpha value is -3.14. The summed E-state index contributed by atoms with van der Waals surface area (Å²) in [5.41, 5.74) is -1.90. The Labute approximate surface area is 159 Å². The van der Waals surface area contributed by atoms with Crippen molar-refractivity contribution in [2.75, 3.05) is 0 Å². The predicted molar refractivity (Wildman–Crippen MR) is 92.8 cm³/mol. The standard InChI is InChI=1S/C17H11ClF3N3O4/c18-10-4-8(3-9(5-10)17(19,20)21)11-6-13(26)15(12(25)1-2-14(27)28)16-22-7-23-24(11)16/h3-7,25H,1-2H2,(H,27,28). The van der Waals surface area contributed by atoms with Gasteiger partial charge in [0.05, 0.1) is 17.7 Å². The van der Waals surface area contributed by atoms with Gasteiger partial charge in [-0.2, -0.15) is 18.3 Å². The van der Waals surface area contributed by atoms with Crippen LogP contribution in [0.15, 0.2) is 35.4 Å². The summed E-state index contributed by atoms with van der Waals surface area (Å²) in [5, 5.41) is 22.3. The van der Waals surface area contributed by atoms with E-state index in [2.05, 4.69) is 10.1 Å². The average molecular weight is 414 g/mol. The monoisotopic (exact) mass is 413 g/mol. The van der Waals surface area contributed by atoms with Gasteiger partial charge in [-0.25, -0.2) is 9.50 Å². The van der Waals surface area contributed by atoms with Crippen LogP contribution in [0, 0.1) is 0 Å². The quantitative estimate of drug-likeness (QED) is 0.681. The van der Waals surface area contributed by atoms with Gasteiger partial charge < -0.3 is 10.2 Å². The number of nitrogens with zero attached hydrogens (tertiary/aromatic N) is 3. The molecule has 0 radical (unpaired) electrons. The lowest BCUT2D eigenvalue weighted by Gasteiger charge is -2.11. The van der Waals surface area contributed by atoms with E-state index >= 15 is 0 Å². The second-order valence-electron chi connectivity index (χ2n) is 5.83. The number of benzene rings is 1. The van der Waals surface area contributed by atoms with Crippen LogP contribution in [0.4, 0.5) is 13.2 Å². The third-order valence-corrected chi connectivity index (χ3v) is 4.12. The van der Waals surface area contributed by atoms with E-state index in [1.165, 1.54) is 6.07 Å². The van der Waals surface area contributed by atoms with E-state index in [1.54, 1.807) is 0 Å². The van der Waals surface area contributed by atoms with Gasteiger partial charge in [-0.1, -0.05) is 11.6 Å². The number of rotatable bonds is 4. The molecule has 0 aliphatic rings. The van der Waals surface area contributed by atoms with Crippen molar-refractivity contribution in [1.82, 2.24) is 14.6 Å². The highest BCUT2D eigenvalue weighted by molar-refractivity contribution is 6.31. The first-order chi connectivity index (χ1) is 13.1. The normalized spacial score (nSPS) is 13.0. The zero-order chi connectivity index (χ0) is 20.6. The fraction of sp³-hybridized carbons (Fsp3) is 0.176. The molecule has 146 valence electrons. The van der Waals surface area contributed by atoms with Crippen molar-refractivity contribution in [1.29, 1.82) is 0 Å². The molecule has 2 N–H and O–H groups in total. The minimum Gasteiger partial charge on any atom is -0.511 e. The molecule has 0 aliphatic carbocycles. The molecule has 2 heterocycles. The number of alkyl halides is 3. The van der Waals surface area contributed by atoms with E-state index < -0.39 is 35.3 Å². The van der Waals surface area contributed by atoms with Gasteiger partial charge in [0.1, 0.15) is 17.3 Å². The first-order valence-electron chi connectivity index (χ1n) is 7.77. The molecule has 0 bridgehead atoms. The first kappa shape index (κ1) is 19.6. The number of aliphatic hydroxyl groups is 1. The maximum atomic E-state index is 13.1. The van der Waals surface area contributed by atoms with Crippen molar-refractivity contribution in [2.24, 2.45) is 0 Å². The Morgan fingerprint density at radius 1 is 1.14 bits per heavy atom. The topological polar surface area (TPSA) is 105 Å². The van der Waals surface area contributed by atoms with E-state index in [0.29, 0.717) is 0 Å². The third kappa shape index (κ3) is 3.77. The number of hydrogen-bond acceptors (Lipinski definition) is 5. The van der Waals surface area contributed by atoms with Gasteiger partial charge in [-0.05, 0) is 18.2 Å². The number of aliphatic hydroxyl groups excluding tert-OH is 1. The summed E-state index contributed by atoms with van der Waals surface area (Å²) >= 11 is 5.80. The Balaban J connectivity index is 2.27. The number of carbonyl (C=O) groups is 1. The Morgan fingerprint density at radius 2 is 1.86 bits per heavy atom. The van der Waals surface area contributed by atoms with E-state index in [9.17, 15) is 27.9 Å². The molecule has 0 atom stereocenters. The number of carboxylic acid groups (broad SMARTS) is 1. The second-order valence-corrected chi connectivity index (χ2v) is 6.27. The molecule has 0 fully saturated rings. The van der Waals surface area contributed by atoms with Crippen LogP contribution in [-0.2, 0) is 11.0 Å². The van der Waals surface area contributed by atoms with Crippen LogP contribution >= 0.6 is 11.6 Å². The third-order valence-electron chi connectivity index (χ3n) is 3.90. The zero-order valence-corrected chi connectivity index (χ0v) is 14.6. The molecule has 7 nitrogen and oxygen atoms in total. The summed E-state index contributed by atoms with van der Waals surface area (Å²) in [7, 11) is 0. The summed E-state index contributed by atoms with van der Waals surface area (Å²) in [6.45, 7) is 0. The number of fused-ring (bicyclic) bond motifs is 1. The SMILES string of the molecule is O=C(O)CCC(O)=c1c(=O)cc(-c2cc(Cl)cc(C(F)(F)F)c2)n2ncnc12.